The highest BCUT2D eigenvalue weighted by molar-refractivity contribution is 5.49. The molecule has 0 unspecified atom stereocenters. The summed E-state index contributed by atoms with van der Waals surface area (Å²) < 4.78 is 2.14. The minimum atomic E-state index is 0.662. The van der Waals surface area contributed by atoms with Crippen molar-refractivity contribution in [2.75, 3.05) is 14.1 Å². The van der Waals surface area contributed by atoms with E-state index in [-0.39, 0.29) is 0 Å². The summed E-state index contributed by atoms with van der Waals surface area (Å²) in [5, 5.41) is 4.75. The van der Waals surface area contributed by atoms with Crippen LogP contribution in [0.4, 0.5) is 0 Å². The summed E-state index contributed by atoms with van der Waals surface area (Å²) in [5.41, 5.74) is 7.94. The van der Waals surface area contributed by atoms with Gasteiger partial charge in [0.15, 0.2) is 0 Å². The highest BCUT2D eigenvalue weighted by Gasteiger charge is 2.23. The normalized spacial score (nSPS) is 18.1. The van der Waals surface area contributed by atoms with E-state index in [1.165, 1.54) is 34.5 Å². The fraction of sp³-hybridized carbons (Fsp3) is 0.500. The molecule has 0 radical (unpaired) electrons. The molecule has 0 aliphatic heterocycles. The summed E-state index contributed by atoms with van der Waals surface area (Å²) >= 11 is 0. The highest BCUT2D eigenvalue weighted by atomic mass is 15.3. The molecule has 0 saturated carbocycles. The summed E-state index contributed by atoms with van der Waals surface area (Å²) in [6.45, 7) is 6.42. The molecule has 0 spiro atoms. The van der Waals surface area contributed by atoms with Crippen molar-refractivity contribution in [1.29, 1.82) is 0 Å². The van der Waals surface area contributed by atoms with Crippen molar-refractivity contribution in [2.24, 2.45) is 0 Å². The molecule has 3 heteroatoms. The smallest absolute Gasteiger partial charge is 0.0683 e. The third-order valence-electron chi connectivity index (χ3n) is 5.04. The number of benzene rings is 1. The third-order valence-corrected chi connectivity index (χ3v) is 5.04. The molecule has 0 saturated heterocycles. The van der Waals surface area contributed by atoms with E-state index in [1.54, 1.807) is 0 Å². The lowest BCUT2D eigenvalue weighted by Gasteiger charge is -2.31. The predicted molar refractivity (Wildman–Crippen MR) is 87.3 cm³/mol. The van der Waals surface area contributed by atoms with E-state index in [1.807, 2.05) is 0 Å². The zero-order chi connectivity index (χ0) is 15.1. The van der Waals surface area contributed by atoms with Gasteiger partial charge in [0.05, 0.1) is 11.4 Å². The molecule has 1 aliphatic rings. The molecule has 0 N–H and O–H groups in total. The number of hydrogen-bond donors (Lipinski definition) is 0. The minimum Gasteiger partial charge on any atom is -0.306 e. The zero-order valence-electron chi connectivity index (χ0n) is 13.8. The van der Waals surface area contributed by atoms with Crippen molar-refractivity contribution in [3.8, 4) is 5.69 Å². The van der Waals surface area contributed by atoms with Gasteiger partial charge in [0.25, 0.3) is 0 Å². The average Bonchev–Trinajstić information content (AvgIpc) is 2.73. The Morgan fingerprint density at radius 3 is 2.57 bits per heavy atom. The number of rotatable bonds is 2. The van der Waals surface area contributed by atoms with Gasteiger partial charge in [-0.15, -0.1) is 0 Å². The first-order valence-corrected chi connectivity index (χ1v) is 7.79. The molecule has 1 aliphatic carbocycles. The van der Waals surface area contributed by atoms with Gasteiger partial charge >= 0.3 is 0 Å². The van der Waals surface area contributed by atoms with Gasteiger partial charge in [-0.3, -0.25) is 0 Å². The van der Waals surface area contributed by atoms with Crippen LogP contribution in [0.1, 0.15) is 34.5 Å². The van der Waals surface area contributed by atoms with Crippen LogP contribution in [0.2, 0.25) is 0 Å². The third kappa shape index (κ3) is 2.40. The van der Waals surface area contributed by atoms with Gasteiger partial charge in [0.2, 0.25) is 0 Å². The van der Waals surface area contributed by atoms with E-state index in [0.29, 0.717) is 6.04 Å². The lowest BCUT2D eigenvalue weighted by atomic mass is 9.86. The Morgan fingerprint density at radius 1 is 1.19 bits per heavy atom. The molecule has 1 aromatic carbocycles. The summed E-state index contributed by atoms with van der Waals surface area (Å²) in [7, 11) is 4.37. The molecule has 3 nitrogen and oxygen atoms in total. The van der Waals surface area contributed by atoms with E-state index in [9.17, 15) is 0 Å². The number of hydrogen-bond acceptors (Lipinski definition) is 2. The van der Waals surface area contributed by atoms with E-state index >= 15 is 0 Å². The Bertz CT molecular complexity index is 667. The van der Waals surface area contributed by atoms with Gasteiger partial charge in [0.1, 0.15) is 0 Å². The number of fused-ring (bicyclic) bond motifs is 1. The first-order chi connectivity index (χ1) is 9.99. The van der Waals surface area contributed by atoms with Crippen LogP contribution in [0.15, 0.2) is 18.2 Å². The van der Waals surface area contributed by atoms with Crippen molar-refractivity contribution < 1.29 is 0 Å². The summed E-state index contributed by atoms with van der Waals surface area (Å²) in [5.74, 6) is 0. The van der Waals surface area contributed by atoms with E-state index in [0.717, 1.165) is 18.5 Å². The van der Waals surface area contributed by atoms with Crippen molar-refractivity contribution >= 4 is 0 Å². The lowest BCUT2D eigenvalue weighted by molar-refractivity contribution is 0.268. The maximum absolute atomic E-state index is 4.75. The lowest BCUT2D eigenvalue weighted by Crippen LogP contribution is -2.33. The standard InChI is InChI=1S/C18H25N3/c1-12-13(2)19-21(14(12)3)18-8-6-7-15-11-16(20(4)5)9-10-17(15)18/h6-8,16H,9-11H2,1-5H3/t16-/m0/s1. The van der Waals surface area contributed by atoms with E-state index in [2.05, 4.69) is 62.6 Å². The van der Waals surface area contributed by atoms with Crippen LogP contribution in [-0.4, -0.2) is 34.8 Å². The second-order valence-corrected chi connectivity index (χ2v) is 6.48. The SMILES string of the molecule is Cc1nn(-c2cccc3c2CC[C@H](N(C)C)C3)c(C)c1C. The van der Waals surface area contributed by atoms with Crippen LogP contribution < -0.4 is 0 Å². The highest BCUT2D eigenvalue weighted by Crippen LogP contribution is 2.29. The first-order valence-electron chi connectivity index (χ1n) is 7.79. The maximum Gasteiger partial charge on any atom is 0.0683 e. The van der Waals surface area contributed by atoms with Gasteiger partial charge in [-0.05, 0) is 76.9 Å². The van der Waals surface area contributed by atoms with Crippen LogP contribution in [0, 0.1) is 20.8 Å². The Labute approximate surface area is 127 Å². The van der Waals surface area contributed by atoms with Crippen LogP contribution in [0.5, 0.6) is 0 Å². The van der Waals surface area contributed by atoms with Crippen molar-refractivity contribution in [1.82, 2.24) is 14.7 Å². The Hall–Kier alpha value is -1.61. The molecule has 1 aromatic heterocycles. The van der Waals surface area contributed by atoms with Gasteiger partial charge in [-0.25, -0.2) is 4.68 Å². The van der Waals surface area contributed by atoms with Crippen LogP contribution >= 0.6 is 0 Å². The number of aromatic nitrogens is 2. The van der Waals surface area contributed by atoms with Crippen LogP contribution in [0.3, 0.4) is 0 Å². The fourth-order valence-electron chi connectivity index (χ4n) is 3.36. The van der Waals surface area contributed by atoms with Gasteiger partial charge in [-0.1, -0.05) is 12.1 Å². The molecule has 3 rings (SSSR count). The van der Waals surface area contributed by atoms with Crippen molar-refractivity contribution in [3.63, 3.8) is 0 Å². The zero-order valence-corrected chi connectivity index (χ0v) is 13.8. The molecule has 2 aromatic rings. The summed E-state index contributed by atoms with van der Waals surface area (Å²) in [6.07, 6.45) is 3.52. The largest absolute Gasteiger partial charge is 0.306 e. The Kier molecular flexibility index (Phi) is 3.62. The number of likely N-dealkylation sites (N-methyl/N-ethyl adjacent to an activating group) is 1. The number of aryl methyl sites for hydroxylation is 1. The molecule has 112 valence electrons. The molecule has 0 bridgehead atoms. The second-order valence-electron chi connectivity index (χ2n) is 6.48. The molecule has 0 amide bonds. The van der Waals surface area contributed by atoms with Gasteiger partial charge in [0, 0.05) is 11.7 Å². The van der Waals surface area contributed by atoms with Crippen molar-refractivity contribution in [3.05, 3.63) is 46.3 Å². The van der Waals surface area contributed by atoms with Crippen LogP contribution in [0.25, 0.3) is 5.69 Å². The Morgan fingerprint density at radius 2 is 1.95 bits per heavy atom. The van der Waals surface area contributed by atoms with E-state index < -0.39 is 0 Å². The van der Waals surface area contributed by atoms with Crippen LogP contribution in [-0.2, 0) is 12.8 Å². The first kappa shape index (κ1) is 14.3. The summed E-state index contributed by atoms with van der Waals surface area (Å²) in [4.78, 5) is 2.35. The fourth-order valence-corrected chi connectivity index (χ4v) is 3.36. The summed E-state index contributed by atoms with van der Waals surface area (Å²) in [6, 6.07) is 7.34. The second kappa shape index (κ2) is 5.30. The molecule has 1 atom stereocenters. The van der Waals surface area contributed by atoms with Crippen molar-refractivity contribution in [2.45, 2.75) is 46.1 Å². The van der Waals surface area contributed by atoms with E-state index in [4.69, 9.17) is 5.10 Å². The predicted octanol–water partition coefficient (Wildman–Crippen LogP) is 3.22. The Balaban J connectivity index is 2.06. The molecule has 21 heavy (non-hydrogen) atoms. The molecule has 0 fully saturated rings. The van der Waals surface area contributed by atoms with Gasteiger partial charge < -0.3 is 4.90 Å². The minimum absolute atomic E-state index is 0.662. The molecular formula is C18H25N3. The monoisotopic (exact) mass is 283 g/mol. The molecular weight excluding hydrogens is 258 g/mol. The number of nitrogens with zero attached hydrogens (tertiary/aromatic N) is 3. The quantitative estimate of drug-likeness (QED) is 0.844. The maximum atomic E-state index is 4.75. The molecule has 1 heterocycles. The topological polar surface area (TPSA) is 21.1 Å². The van der Waals surface area contributed by atoms with Gasteiger partial charge in [-0.2, -0.15) is 5.10 Å². The average molecular weight is 283 g/mol.